The van der Waals surface area contributed by atoms with Crippen LogP contribution in [0.2, 0.25) is 0 Å². The van der Waals surface area contributed by atoms with E-state index in [1.165, 1.54) is 11.3 Å². The van der Waals surface area contributed by atoms with E-state index in [2.05, 4.69) is 16.0 Å². The van der Waals surface area contributed by atoms with Crippen LogP contribution >= 0.6 is 11.3 Å². The van der Waals surface area contributed by atoms with E-state index < -0.39 is 0 Å². The Balaban J connectivity index is 1.71. The average Bonchev–Trinajstić information content (AvgIpc) is 3.17. The summed E-state index contributed by atoms with van der Waals surface area (Å²) >= 11 is 1.50. The van der Waals surface area contributed by atoms with Crippen molar-refractivity contribution in [2.75, 3.05) is 6.54 Å². The Kier molecular flexibility index (Phi) is 5.94. The summed E-state index contributed by atoms with van der Waals surface area (Å²) in [6.07, 6.45) is 2.00. The van der Waals surface area contributed by atoms with Gasteiger partial charge in [-0.25, -0.2) is 4.98 Å². The summed E-state index contributed by atoms with van der Waals surface area (Å²) in [6, 6.07) is 15.1. The van der Waals surface area contributed by atoms with Gasteiger partial charge in [-0.2, -0.15) is 5.26 Å². The first-order valence-electron chi connectivity index (χ1n) is 8.77. The second-order valence-corrected chi connectivity index (χ2v) is 6.98. The van der Waals surface area contributed by atoms with Gasteiger partial charge in [-0.05, 0) is 43.7 Å². The highest BCUT2D eigenvalue weighted by molar-refractivity contribution is 7.13. The number of hydrogen-bond donors (Lipinski definition) is 0. The Morgan fingerprint density at radius 2 is 2.04 bits per heavy atom. The lowest BCUT2D eigenvalue weighted by molar-refractivity contribution is -0.132. The van der Waals surface area contributed by atoms with E-state index in [0.29, 0.717) is 12.1 Å². The van der Waals surface area contributed by atoms with Crippen LogP contribution in [0.1, 0.15) is 36.7 Å². The lowest BCUT2D eigenvalue weighted by Crippen LogP contribution is -2.34. The molecule has 2 heterocycles. The smallest absolute Gasteiger partial charge is 0.229 e. The van der Waals surface area contributed by atoms with Crippen LogP contribution in [0.15, 0.2) is 54.0 Å². The number of carbonyl (C=O) groups excluding carboxylic acids is 1. The molecule has 2 aromatic heterocycles. The zero-order valence-electron chi connectivity index (χ0n) is 15.3. The Morgan fingerprint density at radius 3 is 2.67 bits per heavy atom. The molecule has 3 aromatic rings. The number of nitrogens with zero attached hydrogens (tertiary/aromatic N) is 4. The summed E-state index contributed by atoms with van der Waals surface area (Å²) in [6.45, 7) is 4.58. The molecule has 0 N–H and O–H groups in total. The maximum absolute atomic E-state index is 12.8. The molecule has 5 nitrogen and oxygen atoms in total. The van der Waals surface area contributed by atoms with Crippen LogP contribution < -0.4 is 0 Å². The van der Waals surface area contributed by atoms with Crippen molar-refractivity contribution < 1.29 is 4.79 Å². The van der Waals surface area contributed by atoms with Crippen molar-refractivity contribution in [3.8, 4) is 16.8 Å². The molecular formula is C21H20N4OS. The van der Waals surface area contributed by atoms with Crippen molar-refractivity contribution >= 4 is 17.2 Å². The molecule has 0 fully saturated rings. The van der Waals surface area contributed by atoms with Gasteiger partial charge in [0.15, 0.2) is 0 Å². The first-order chi connectivity index (χ1) is 13.1. The van der Waals surface area contributed by atoms with Crippen molar-refractivity contribution in [2.24, 2.45) is 0 Å². The predicted octanol–water partition coefficient (Wildman–Crippen LogP) is 4.23. The Bertz CT molecular complexity index is 944. The maximum atomic E-state index is 12.8. The van der Waals surface area contributed by atoms with E-state index in [-0.39, 0.29) is 18.4 Å². The second kappa shape index (κ2) is 8.56. The largest absolute Gasteiger partial charge is 0.336 e. The highest BCUT2D eigenvalue weighted by atomic mass is 32.1. The monoisotopic (exact) mass is 376 g/mol. The number of likely N-dealkylation sites (N-methyl/N-ethyl adjacent to an activating group) is 1. The predicted molar refractivity (Wildman–Crippen MR) is 106 cm³/mol. The molecule has 0 aliphatic carbocycles. The van der Waals surface area contributed by atoms with Crippen molar-refractivity contribution in [1.29, 1.82) is 5.26 Å². The van der Waals surface area contributed by atoms with E-state index in [1.807, 2.05) is 54.5 Å². The van der Waals surface area contributed by atoms with Crippen LogP contribution in [0.25, 0.3) is 10.7 Å². The van der Waals surface area contributed by atoms with Crippen LogP contribution in [-0.2, 0) is 11.2 Å². The normalized spacial score (nSPS) is 11.6. The number of hydrogen-bond acceptors (Lipinski definition) is 5. The van der Waals surface area contributed by atoms with Gasteiger partial charge in [0.25, 0.3) is 0 Å². The topological polar surface area (TPSA) is 69.9 Å². The van der Waals surface area contributed by atoms with Gasteiger partial charge in [0.05, 0.1) is 35.5 Å². The molecule has 0 bridgehead atoms. The zero-order chi connectivity index (χ0) is 19.2. The van der Waals surface area contributed by atoms with Crippen LogP contribution in [0.3, 0.4) is 0 Å². The number of carbonyl (C=O) groups is 1. The molecule has 27 heavy (non-hydrogen) atoms. The van der Waals surface area contributed by atoms with Gasteiger partial charge in [0, 0.05) is 18.1 Å². The molecule has 1 aromatic carbocycles. The van der Waals surface area contributed by atoms with Crippen LogP contribution in [-0.4, -0.2) is 27.3 Å². The van der Waals surface area contributed by atoms with E-state index in [9.17, 15) is 4.79 Å². The van der Waals surface area contributed by atoms with Crippen LogP contribution in [0, 0.1) is 11.3 Å². The minimum absolute atomic E-state index is 0.0345. The number of thiazole rings is 1. The number of benzene rings is 1. The molecule has 0 spiro atoms. The second-order valence-electron chi connectivity index (χ2n) is 6.13. The highest BCUT2D eigenvalue weighted by Gasteiger charge is 2.21. The molecule has 1 unspecified atom stereocenters. The van der Waals surface area contributed by atoms with Gasteiger partial charge in [0.2, 0.25) is 5.91 Å². The SMILES string of the molecule is CCN(C(=O)Cc1csc(-c2ccccn2)n1)C(C)c1ccc(C#N)cc1. The van der Waals surface area contributed by atoms with Crippen molar-refractivity contribution in [1.82, 2.24) is 14.9 Å². The third kappa shape index (κ3) is 4.39. The number of rotatable bonds is 6. The van der Waals surface area contributed by atoms with E-state index in [0.717, 1.165) is 22.0 Å². The number of amides is 1. The molecule has 0 saturated heterocycles. The average molecular weight is 376 g/mol. The quantitative estimate of drug-likeness (QED) is 0.645. The highest BCUT2D eigenvalue weighted by Crippen LogP contribution is 2.24. The number of aromatic nitrogens is 2. The summed E-state index contributed by atoms with van der Waals surface area (Å²) in [4.78, 5) is 23.6. The third-order valence-electron chi connectivity index (χ3n) is 4.42. The fourth-order valence-electron chi connectivity index (χ4n) is 2.93. The third-order valence-corrected chi connectivity index (χ3v) is 5.33. The number of nitriles is 1. The summed E-state index contributed by atoms with van der Waals surface area (Å²) in [5, 5.41) is 11.7. The van der Waals surface area contributed by atoms with Gasteiger partial charge in [-0.1, -0.05) is 18.2 Å². The molecule has 0 aliphatic rings. The molecule has 3 rings (SSSR count). The van der Waals surface area contributed by atoms with Crippen molar-refractivity contribution in [3.05, 3.63) is 70.9 Å². The molecule has 0 saturated carbocycles. The van der Waals surface area contributed by atoms with Crippen LogP contribution in [0.5, 0.6) is 0 Å². The Labute approximate surface area is 162 Å². The maximum Gasteiger partial charge on any atom is 0.229 e. The van der Waals surface area contributed by atoms with Gasteiger partial charge < -0.3 is 4.90 Å². The molecule has 1 atom stereocenters. The summed E-state index contributed by atoms with van der Waals surface area (Å²) in [5.74, 6) is 0.0345. The van der Waals surface area contributed by atoms with E-state index in [4.69, 9.17) is 5.26 Å². The van der Waals surface area contributed by atoms with Crippen molar-refractivity contribution in [2.45, 2.75) is 26.3 Å². The van der Waals surface area contributed by atoms with E-state index >= 15 is 0 Å². The molecule has 0 radical (unpaired) electrons. The minimum atomic E-state index is -0.0656. The lowest BCUT2D eigenvalue weighted by atomic mass is 10.0. The zero-order valence-corrected chi connectivity index (χ0v) is 16.1. The lowest BCUT2D eigenvalue weighted by Gasteiger charge is -2.28. The van der Waals surface area contributed by atoms with Crippen molar-refractivity contribution in [3.63, 3.8) is 0 Å². The fraction of sp³-hybridized carbons (Fsp3) is 0.238. The van der Waals surface area contributed by atoms with Crippen LogP contribution in [0.4, 0.5) is 0 Å². The first kappa shape index (κ1) is 18.7. The first-order valence-corrected chi connectivity index (χ1v) is 9.65. The van der Waals surface area contributed by atoms with Gasteiger partial charge in [0.1, 0.15) is 5.01 Å². The molecule has 136 valence electrons. The van der Waals surface area contributed by atoms with Gasteiger partial charge in [-0.15, -0.1) is 11.3 Å². The minimum Gasteiger partial charge on any atom is -0.336 e. The Morgan fingerprint density at radius 1 is 1.26 bits per heavy atom. The van der Waals surface area contributed by atoms with E-state index in [1.54, 1.807) is 18.3 Å². The molecule has 0 aliphatic heterocycles. The fourth-order valence-corrected chi connectivity index (χ4v) is 3.73. The number of pyridine rings is 1. The molecule has 6 heteroatoms. The van der Waals surface area contributed by atoms with Gasteiger partial charge in [-0.3, -0.25) is 9.78 Å². The summed E-state index contributed by atoms with van der Waals surface area (Å²) in [5.41, 5.74) is 3.21. The summed E-state index contributed by atoms with van der Waals surface area (Å²) < 4.78 is 0. The summed E-state index contributed by atoms with van der Waals surface area (Å²) in [7, 11) is 0. The standard InChI is InChI=1S/C21H20N4OS/c1-3-25(15(2)17-9-7-16(13-22)8-10-17)20(26)12-18-14-27-21(24-18)19-6-4-5-11-23-19/h4-11,14-15H,3,12H2,1-2H3. The Hall–Kier alpha value is -3.04. The molecular weight excluding hydrogens is 356 g/mol. The van der Waals surface area contributed by atoms with Gasteiger partial charge >= 0.3 is 0 Å². The molecule has 1 amide bonds.